The van der Waals surface area contributed by atoms with Crippen LogP contribution in [0.4, 0.5) is 0 Å². The summed E-state index contributed by atoms with van der Waals surface area (Å²) < 4.78 is 5.93. The van der Waals surface area contributed by atoms with Crippen molar-refractivity contribution >= 4 is 0 Å². The topological polar surface area (TPSA) is 47.3 Å². The molecule has 0 amide bonds. The zero-order valence-electron chi connectivity index (χ0n) is 12.1. The van der Waals surface area contributed by atoms with Gasteiger partial charge in [0.2, 0.25) is 0 Å². The smallest absolute Gasteiger partial charge is 0.0847 e. The molecule has 3 unspecified atom stereocenters. The summed E-state index contributed by atoms with van der Waals surface area (Å²) in [6, 6.07) is 0.347. The van der Waals surface area contributed by atoms with Gasteiger partial charge in [-0.2, -0.15) is 0 Å². The van der Waals surface area contributed by atoms with E-state index in [1.165, 1.54) is 57.8 Å². The van der Waals surface area contributed by atoms with Crippen LogP contribution >= 0.6 is 0 Å². The maximum atomic E-state index is 5.93. The van der Waals surface area contributed by atoms with Crippen molar-refractivity contribution in [2.24, 2.45) is 17.7 Å². The largest absolute Gasteiger partial charge is 0.377 e. The van der Waals surface area contributed by atoms with Crippen LogP contribution in [-0.2, 0) is 4.74 Å². The highest BCUT2D eigenvalue weighted by Crippen LogP contribution is 2.43. The van der Waals surface area contributed by atoms with Crippen LogP contribution < -0.4 is 11.3 Å². The predicted molar refractivity (Wildman–Crippen MR) is 75.1 cm³/mol. The van der Waals surface area contributed by atoms with E-state index in [0.717, 1.165) is 5.92 Å². The van der Waals surface area contributed by atoms with Gasteiger partial charge in [-0.3, -0.25) is 11.3 Å². The first-order valence-electron chi connectivity index (χ1n) is 7.77. The minimum atomic E-state index is 0.00898. The summed E-state index contributed by atoms with van der Waals surface area (Å²) in [6.07, 6.45) is 11.6. The molecule has 2 aliphatic carbocycles. The summed E-state index contributed by atoms with van der Waals surface area (Å²) in [5.41, 5.74) is 3.13. The van der Waals surface area contributed by atoms with Crippen molar-refractivity contribution in [3.8, 4) is 0 Å². The number of hydrogen-bond donors (Lipinski definition) is 2. The third-order valence-electron chi connectivity index (χ3n) is 5.47. The lowest BCUT2D eigenvalue weighted by molar-refractivity contribution is -0.0592. The molecular formula is C15H30N2O. The van der Waals surface area contributed by atoms with Gasteiger partial charge in [0, 0.05) is 7.11 Å². The van der Waals surface area contributed by atoms with Gasteiger partial charge in [-0.25, -0.2) is 0 Å². The van der Waals surface area contributed by atoms with Crippen molar-refractivity contribution in [1.29, 1.82) is 0 Å². The third kappa shape index (κ3) is 2.73. The van der Waals surface area contributed by atoms with Gasteiger partial charge >= 0.3 is 0 Å². The van der Waals surface area contributed by atoms with Crippen LogP contribution in [0.5, 0.6) is 0 Å². The van der Waals surface area contributed by atoms with E-state index in [-0.39, 0.29) is 5.60 Å². The predicted octanol–water partition coefficient (Wildman–Crippen LogP) is 2.99. The summed E-state index contributed by atoms with van der Waals surface area (Å²) in [5, 5.41) is 0. The van der Waals surface area contributed by atoms with E-state index in [1.807, 2.05) is 7.11 Å². The Morgan fingerprint density at radius 1 is 1.28 bits per heavy atom. The molecule has 0 aromatic carbocycles. The molecule has 0 aliphatic heterocycles. The van der Waals surface area contributed by atoms with E-state index >= 15 is 0 Å². The van der Waals surface area contributed by atoms with Gasteiger partial charge in [-0.05, 0) is 37.5 Å². The average Bonchev–Trinajstić information content (AvgIpc) is 2.90. The molecule has 3 heteroatoms. The number of hydrogen-bond acceptors (Lipinski definition) is 3. The maximum Gasteiger partial charge on any atom is 0.0847 e. The Bertz CT molecular complexity index is 251. The van der Waals surface area contributed by atoms with Gasteiger partial charge < -0.3 is 4.74 Å². The highest BCUT2D eigenvalue weighted by atomic mass is 16.5. The van der Waals surface area contributed by atoms with Crippen LogP contribution in [0.15, 0.2) is 0 Å². The molecule has 2 saturated carbocycles. The summed E-state index contributed by atoms with van der Waals surface area (Å²) in [7, 11) is 1.87. The molecule has 2 rings (SSSR count). The zero-order valence-corrected chi connectivity index (χ0v) is 12.1. The summed E-state index contributed by atoms with van der Waals surface area (Å²) in [6.45, 7) is 2.32. The van der Waals surface area contributed by atoms with E-state index in [9.17, 15) is 0 Å². The quantitative estimate of drug-likeness (QED) is 0.585. The molecule has 0 heterocycles. The second-order valence-electron chi connectivity index (χ2n) is 6.32. The van der Waals surface area contributed by atoms with Gasteiger partial charge in [0.25, 0.3) is 0 Å². The zero-order chi connectivity index (χ0) is 13.0. The van der Waals surface area contributed by atoms with Gasteiger partial charge in [0.1, 0.15) is 0 Å². The van der Waals surface area contributed by atoms with Crippen molar-refractivity contribution in [2.45, 2.75) is 76.4 Å². The average molecular weight is 254 g/mol. The molecule has 3 atom stereocenters. The van der Waals surface area contributed by atoms with Crippen LogP contribution in [0.25, 0.3) is 0 Å². The van der Waals surface area contributed by atoms with Crippen LogP contribution in [0.1, 0.15) is 64.7 Å². The highest BCUT2D eigenvalue weighted by Gasteiger charge is 2.45. The highest BCUT2D eigenvalue weighted by molar-refractivity contribution is 5.00. The van der Waals surface area contributed by atoms with Crippen molar-refractivity contribution < 1.29 is 4.74 Å². The molecule has 0 saturated heterocycles. The van der Waals surface area contributed by atoms with E-state index in [2.05, 4.69) is 12.3 Å². The Morgan fingerprint density at radius 3 is 2.56 bits per heavy atom. The monoisotopic (exact) mass is 254 g/mol. The van der Waals surface area contributed by atoms with Crippen molar-refractivity contribution in [1.82, 2.24) is 5.43 Å². The van der Waals surface area contributed by atoms with Gasteiger partial charge in [-0.15, -0.1) is 0 Å². The van der Waals surface area contributed by atoms with E-state index in [1.54, 1.807) is 0 Å². The van der Waals surface area contributed by atoms with Crippen molar-refractivity contribution in [3.63, 3.8) is 0 Å². The van der Waals surface area contributed by atoms with Crippen molar-refractivity contribution in [2.75, 3.05) is 7.11 Å². The molecule has 3 N–H and O–H groups in total. The second-order valence-corrected chi connectivity index (χ2v) is 6.32. The minimum absolute atomic E-state index is 0.00898. The number of nitrogens with two attached hydrogens (primary N) is 1. The Kier molecular flexibility index (Phi) is 5.05. The lowest BCUT2D eigenvalue weighted by atomic mass is 9.72. The Hall–Kier alpha value is -0.120. The molecule has 3 nitrogen and oxygen atoms in total. The first kappa shape index (κ1) is 14.3. The molecule has 0 bridgehead atoms. The Morgan fingerprint density at radius 2 is 2.00 bits per heavy atom. The van der Waals surface area contributed by atoms with Crippen LogP contribution in [0.3, 0.4) is 0 Å². The molecule has 106 valence electrons. The SMILES string of the molecule is CCC1CCCC(C(NN)C2(OC)CCCC2)C1. The molecule has 2 fully saturated rings. The lowest BCUT2D eigenvalue weighted by Crippen LogP contribution is -2.57. The Labute approximate surface area is 112 Å². The molecule has 2 aliphatic rings. The fourth-order valence-electron chi connectivity index (χ4n) is 4.34. The number of hydrazine groups is 1. The standard InChI is InChI=1S/C15H30N2O/c1-3-12-7-6-8-13(11-12)14(17-16)15(18-2)9-4-5-10-15/h12-14,17H,3-11,16H2,1-2H3. The van der Waals surface area contributed by atoms with Crippen LogP contribution in [0, 0.1) is 11.8 Å². The van der Waals surface area contributed by atoms with E-state index < -0.39 is 0 Å². The first-order valence-corrected chi connectivity index (χ1v) is 7.77. The lowest BCUT2D eigenvalue weighted by Gasteiger charge is -2.43. The Balaban J connectivity index is 2.07. The molecule has 0 aromatic heterocycles. The molecule has 0 aromatic rings. The third-order valence-corrected chi connectivity index (χ3v) is 5.47. The van der Waals surface area contributed by atoms with Gasteiger partial charge in [-0.1, -0.05) is 39.0 Å². The number of ether oxygens (including phenoxy) is 1. The van der Waals surface area contributed by atoms with Crippen LogP contribution in [-0.4, -0.2) is 18.8 Å². The van der Waals surface area contributed by atoms with Gasteiger partial charge in [0.15, 0.2) is 0 Å². The first-order chi connectivity index (χ1) is 8.75. The molecule has 18 heavy (non-hydrogen) atoms. The maximum absolute atomic E-state index is 5.93. The minimum Gasteiger partial charge on any atom is -0.377 e. The fraction of sp³-hybridized carbons (Fsp3) is 1.00. The second kappa shape index (κ2) is 6.36. The molecular weight excluding hydrogens is 224 g/mol. The van der Waals surface area contributed by atoms with E-state index in [0.29, 0.717) is 12.0 Å². The summed E-state index contributed by atoms with van der Waals surface area (Å²) >= 11 is 0. The molecule has 0 radical (unpaired) electrons. The van der Waals surface area contributed by atoms with E-state index in [4.69, 9.17) is 10.6 Å². The summed E-state index contributed by atoms with van der Waals surface area (Å²) in [4.78, 5) is 0. The number of methoxy groups -OCH3 is 1. The number of nitrogens with one attached hydrogen (secondary N) is 1. The van der Waals surface area contributed by atoms with Crippen molar-refractivity contribution in [3.05, 3.63) is 0 Å². The molecule has 0 spiro atoms. The summed E-state index contributed by atoms with van der Waals surface area (Å²) in [5.74, 6) is 7.50. The van der Waals surface area contributed by atoms with Gasteiger partial charge in [0.05, 0.1) is 11.6 Å². The number of rotatable bonds is 5. The fourth-order valence-corrected chi connectivity index (χ4v) is 4.34. The van der Waals surface area contributed by atoms with Crippen LogP contribution in [0.2, 0.25) is 0 Å². The normalized spacial score (nSPS) is 33.5.